The molecule has 0 aliphatic carbocycles. The van der Waals surface area contributed by atoms with Crippen molar-refractivity contribution in [3.05, 3.63) is 76.2 Å². The summed E-state index contributed by atoms with van der Waals surface area (Å²) in [5.74, 6) is -0.0466. The normalized spacial score (nSPS) is 11.7. The number of fused-ring (bicyclic) bond motifs is 1. The first kappa shape index (κ1) is 23.0. The summed E-state index contributed by atoms with van der Waals surface area (Å²) in [7, 11) is 1.56. The number of ether oxygens (including phenoxy) is 1. The molecular weight excluding hydrogens is 480 g/mol. The number of amides is 1. The fraction of sp³-hybridized carbons (Fsp3) is 0.182. The van der Waals surface area contributed by atoms with Crippen molar-refractivity contribution in [2.75, 3.05) is 13.7 Å². The monoisotopic (exact) mass is 496 g/mol. The predicted octanol–water partition coefficient (Wildman–Crippen LogP) is 5.59. The van der Waals surface area contributed by atoms with Gasteiger partial charge in [-0.05, 0) is 30.3 Å². The van der Waals surface area contributed by atoms with Crippen molar-refractivity contribution in [2.24, 2.45) is 0 Å². The van der Waals surface area contributed by atoms with Gasteiger partial charge in [0, 0.05) is 35.8 Å². The second kappa shape index (κ2) is 8.99. The molecular formula is C22H17Cl2F3N4O2. The van der Waals surface area contributed by atoms with Crippen LogP contribution in [-0.2, 0) is 12.7 Å². The Labute approximate surface area is 196 Å². The van der Waals surface area contributed by atoms with Gasteiger partial charge in [0.2, 0.25) is 0 Å². The van der Waals surface area contributed by atoms with Crippen LogP contribution in [0.25, 0.3) is 16.6 Å². The molecule has 2 heterocycles. The third kappa shape index (κ3) is 4.65. The highest BCUT2D eigenvalue weighted by molar-refractivity contribution is 6.35. The van der Waals surface area contributed by atoms with Crippen molar-refractivity contribution in [3.63, 3.8) is 0 Å². The van der Waals surface area contributed by atoms with E-state index in [1.165, 1.54) is 18.2 Å². The van der Waals surface area contributed by atoms with E-state index in [4.69, 9.17) is 27.9 Å². The molecule has 0 unspecified atom stereocenters. The van der Waals surface area contributed by atoms with Crippen molar-refractivity contribution in [1.29, 1.82) is 0 Å². The predicted molar refractivity (Wildman–Crippen MR) is 119 cm³/mol. The van der Waals surface area contributed by atoms with Gasteiger partial charge in [-0.2, -0.15) is 18.3 Å². The SMILES string of the molecule is COc1cn(CCNC(=O)c2cc(C(F)(F)F)nn2-c2ccc(Cl)cc2Cl)c2ccccc12. The van der Waals surface area contributed by atoms with Gasteiger partial charge in [0.25, 0.3) is 5.91 Å². The first-order chi connectivity index (χ1) is 15.7. The van der Waals surface area contributed by atoms with Gasteiger partial charge in [-0.15, -0.1) is 0 Å². The van der Waals surface area contributed by atoms with Crippen LogP contribution in [0, 0.1) is 0 Å². The fourth-order valence-corrected chi connectivity index (χ4v) is 3.95. The minimum absolute atomic E-state index is 0.0549. The molecule has 1 N–H and O–H groups in total. The summed E-state index contributed by atoms with van der Waals surface area (Å²) in [6.07, 6.45) is -2.93. The summed E-state index contributed by atoms with van der Waals surface area (Å²) < 4.78 is 48.1. The average Bonchev–Trinajstić information content (AvgIpc) is 3.36. The van der Waals surface area contributed by atoms with E-state index in [0.29, 0.717) is 23.4 Å². The van der Waals surface area contributed by atoms with Gasteiger partial charge >= 0.3 is 6.18 Å². The topological polar surface area (TPSA) is 61.1 Å². The summed E-state index contributed by atoms with van der Waals surface area (Å²) in [6.45, 7) is 0.527. The number of alkyl halides is 3. The first-order valence-corrected chi connectivity index (χ1v) is 10.5. The zero-order valence-corrected chi connectivity index (χ0v) is 18.7. The number of benzene rings is 2. The fourth-order valence-electron chi connectivity index (χ4n) is 3.46. The molecule has 2 aromatic heterocycles. The number of nitrogens with one attached hydrogen (secondary N) is 1. The zero-order valence-electron chi connectivity index (χ0n) is 17.2. The molecule has 6 nitrogen and oxygen atoms in total. The number of methoxy groups -OCH3 is 1. The summed E-state index contributed by atoms with van der Waals surface area (Å²) in [4.78, 5) is 12.8. The van der Waals surface area contributed by atoms with Gasteiger partial charge in [-0.25, -0.2) is 4.68 Å². The van der Waals surface area contributed by atoms with E-state index in [1.807, 2.05) is 28.8 Å². The molecule has 33 heavy (non-hydrogen) atoms. The lowest BCUT2D eigenvalue weighted by Crippen LogP contribution is -2.29. The van der Waals surface area contributed by atoms with Crippen LogP contribution < -0.4 is 10.1 Å². The van der Waals surface area contributed by atoms with Crippen LogP contribution in [0.2, 0.25) is 10.0 Å². The Morgan fingerprint density at radius 3 is 2.61 bits per heavy atom. The Morgan fingerprint density at radius 2 is 1.91 bits per heavy atom. The number of para-hydroxylation sites is 1. The van der Waals surface area contributed by atoms with Crippen LogP contribution in [0.3, 0.4) is 0 Å². The van der Waals surface area contributed by atoms with E-state index in [2.05, 4.69) is 10.4 Å². The molecule has 0 aliphatic rings. The van der Waals surface area contributed by atoms with Crippen molar-refractivity contribution in [2.45, 2.75) is 12.7 Å². The molecule has 0 saturated carbocycles. The van der Waals surface area contributed by atoms with E-state index in [1.54, 1.807) is 13.3 Å². The maximum atomic E-state index is 13.3. The van der Waals surface area contributed by atoms with Crippen LogP contribution in [-0.4, -0.2) is 33.9 Å². The third-order valence-corrected chi connectivity index (χ3v) is 5.52. The van der Waals surface area contributed by atoms with Crippen LogP contribution >= 0.6 is 23.2 Å². The molecule has 0 aliphatic heterocycles. The molecule has 4 rings (SSSR count). The molecule has 0 atom stereocenters. The molecule has 172 valence electrons. The highest BCUT2D eigenvalue weighted by Crippen LogP contribution is 2.32. The van der Waals surface area contributed by atoms with Gasteiger partial charge in [-0.1, -0.05) is 35.3 Å². The Morgan fingerprint density at radius 1 is 1.15 bits per heavy atom. The van der Waals surface area contributed by atoms with Crippen LogP contribution in [0.15, 0.2) is 54.7 Å². The number of carbonyl (C=O) groups excluding carboxylic acids is 1. The van der Waals surface area contributed by atoms with E-state index >= 15 is 0 Å². The molecule has 0 saturated heterocycles. The number of aromatic nitrogens is 3. The van der Waals surface area contributed by atoms with Gasteiger partial charge < -0.3 is 14.6 Å². The molecule has 4 aromatic rings. The third-order valence-electron chi connectivity index (χ3n) is 4.98. The van der Waals surface area contributed by atoms with Crippen molar-refractivity contribution >= 4 is 40.0 Å². The Balaban J connectivity index is 1.59. The van der Waals surface area contributed by atoms with Gasteiger partial charge in [0.05, 0.1) is 23.3 Å². The smallest absolute Gasteiger partial charge is 0.435 e. The van der Waals surface area contributed by atoms with E-state index in [9.17, 15) is 18.0 Å². The maximum Gasteiger partial charge on any atom is 0.435 e. The molecule has 2 aromatic carbocycles. The number of carbonyl (C=O) groups is 1. The molecule has 0 spiro atoms. The van der Waals surface area contributed by atoms with Gasteiger partial charge in [0.15, 0.2) is 5.69 Å². The standard InChI is InChI=1S/C22H17Cl2F3N4O2/c1-33-19-12-30(16-5-3-2-4-14(16)19)9-8-28-21(32)18-11-20(22(25,26)27)29-31(18)17-7-6-13(23)10-15(17)24/h2-7,10-12H,8-9H2,1H3,(H,28,32). The number of rotatable bonds is 6. The Bertz CT molecular complexity index is 1330. The second-order valence-electron chi connectivity index (χ2n) is 7.08. The number of nitrogens with zero attached hydrogens (tertiary/aromatic N) is 3. The van der Waals surface area contributed by atoms with Crippen LogP contribution in [0.4, 0.5) is 13.2 Å². The Kier molecular flexibility index (Phi) is 6.27. The lowest BCUT2D eigenvalue weighted by Gasteiger charge is -2.11. The highest BCUT2D eigenvalue weighted by atomic mass is 35.5. The van der Waals surface area contributed by atoms with Gasteiger partial charge in [0.1, 0.15) is 11.4 Å². The van der Waals surface area contributed by atoms with Gasteiger partial charge in [-0.3, -0.25) is 4.79 Å². The molecule has 11 heteroatoms. The Hall–Kier alpha value is -3.17. The number of hydrogen-bond acceptors (Lipinski definition) is 3. The molecule has 0 bridgehead atoms. The average molecular weight is 497 g/mol. The summed E-state index contributed by atoms with van der Waals surface area (Å²) in [5.41, 5.74) is -0.509. The quantitative estimate of drug-likeness (QED) is 0.378. The number of halogens is 5. The summed E-state index contributed by atoms with van der Waals surface area (Å²) in [6, 6.07) is 12.5. The summed E-state index contributed by atoms with van der Waals surface area (Å²) >= 11 is 12.0. The molecule has 0 fully saturated rings. The second-order valence-corrected chi connectivity index (χ2v) is 7.93. The van der Waals surface area contributed by atoms with Crippen LogP contribution in [0.1, 0.15) is 16.2 Å². The first-order valence-electron chi connectivity index (χ1n) is 9.72. The maximum absolute atomic E-state index is 13.3. The number of hydrogen-bond donors (Lipinski definition) is 1. The molecule has 1 amide bonds. The van der Waals surface area contributed by atoms with E-state index < -0.39 is 17.8 Å². The van der Waals surface area contributed by atoms with Crippen LogP contribution in [0.5, 0.6) is 5.75 Å². The minimum atomic E-state index is -4.74. The lowest BCUT2D eigenvalue weighted by molar-refractivity contribution is -0.141. The van der Waals surface area contributed by atoms with Crippen molar-refractivity contribution in [3.8, 4) is 11.4 Å². The van der Waals surface area contributed by atoms with Crippen molar-refractivity contribution in [1.82, 2.24) is 19.7 Å². The highest BCUT2D eigenvalue weighted by Gasteiger charge is 2.36. The largest absolute Gasteiger partial charge is 0.495 e. The zero-order chi connectivity index (χ0) is 23.8. The minimum Gasteiger partial charge on any atom is -0.495 e. The molecule has 0 radical (unpaired) electrons. The van der Waals surface area contributed by atoms with E-state index in [-0.39, 0.29) is 22.9 Å². The van der Waals surface area contributed by atoms with Crippen molar-refractivity contribution < 1.29 is 22.7 Å². The van der Waals surface area contributed by atoms with E-state index in [0.717, 1.165) is 15.6 Å². The summed E-state index contributed by atoms with van der Waals surface area (Å²) in [5, 5.41) is 7.48. The lowest BCUT2D eigenvalue weighted by atomic mass is 10.2.